The van der Waals surface area contributed by atoms with Crippen LogP contribution in [0.2, 0.25) is 0 Å². The summed E-state index contributed by atoms with van der Waals surface area (Å²) in [5.41, 5.74) is -0.440. The maximum absolute atomic E-state index is 11.4. The summed E-state index contributed by atoms with van der Waals surface area (Å²) in [6.07, 6.45) is 3.14. The Kier molecular flexibility index (Phi) is 3.72. The van der Waals surface area contributed by atoms with E-state index in [4.69, 9.17) is 5.11 Å². The first-order valence-corrected chi connectivity index (χ1v) is 5.08. The molecule has 1 heterocycles. The van der Waals surface area contributed by atoms with Crippen LogP contribution in [-0.4, -0.2) is 33.4 Å². The van der Waals surface area contributed by atoms with Crippen LogP contribution in [0.5, 0.6) is 0 Å². The number of carbonyl (C=O) groups is 2. The molecule has 1 rings (SSSR count). The molecule has 0 aliphatic heterocycles. The van der Waals surface area contributed by atoms with E-state index < -0.39 is 17.4 Å². The predicted molar refractivity (Wildman–Crippen MR) is 61.6 cm³/mol. The zero-order chi connectivity index (χ0) is 13.1. The molecule has 1 aromatic heterocycles. The molecule has 0 aromatic carbocycles. The van der Waals surface area contributed by atoms with Crippen molar-refractivity contribution >= 4 is 17.7 Å². The molecule has 0 fully saturated rings. The number of rotatable bonds is 4. The molecule has 0 unspecified atom stereocenters. The highest BCUT2D eigenvalue weighted by atomic mass is 16.4. The predicted octanol–water partition coefficient (Wildman–Crippen LogP) is 0.652. The van der Waals surface area contributed by atoms with Gasteiger partial charge in [0.25, 0.3) is 0 Å². The maximum Gasteiger partial charge on any atom is 0.319 e. The third-order valence-corrected chi connectivity index (χ3v) is 2.23. The molecule has 0 saturated carbocycles. The molecule has 0 bridgehead atoms. The van der Waals surface area contributed by atoms with Crippen molar-refractivity contribution in [2.45, 2.75) is 13.8 Å². The van der Waals surface area contributed by atoms with Crippen LogP contribution in [0.3, 0.4) is 0 Å². The van der Waals surface area contributed by atoms with Crippen molar-refractivity contribution in [1.82, 2.24) is 15.1 Å². The van der Waals surface area contributed by atoms with Gasteiger partial charge in [-0.3, -0.25) is 9.48 Å². The van der Waals surface area contributed by atoms with E-state index in [2.05, 4.69) is 15.7 Å². The first kappa shape index (κ1) is 13.0. The monoisotopic (exact) mass is 240 g/mol. The first-order chi connectivity index (χ1) is 7.81. The Balaban J connectivity index is 2.43. The summed E-state index contributed by atoms with van der Waals surface area (Å²) < 4.78 is 1.55. The van der Waals surface area contributed by atoms with Crippen LogP contribution in [0.15, 0.2) is 12.4 Å². The Morgan fingerprint density at radius 1 is 1.53 bits per heavy atom. The summed E-state index contributed by atoms with van der Waals surface area (Å²) in [7, 11) is 1.73. The number of aromatic nitrogens is 2. The molecular weight excluding hydrogens is 224 g/mol. The van der Waals surface area contributed by atoms with Gasteiger partial charge in [0.2, 0.25) is 0 Å². The number of nitrogens with one attached hydrogen (secondary N) is 2. The van der Waals surface area contributed by atoms with Gasteiger partial charge in [0.15, 0.2) is 0 Å². The number of urea groups is 1. The van der Waals surface area contributed by atoms with Crippen molar-refractivity contribution in [3.63, 3.8) is 0 Å². The maximum atomic E-state index is 11.4. The molecular formula is C10H16N4O3. The lowest BCUT2D eigenvalue weighted by molar-refractivity contribution is -0.146. The number of carboxylic acids is 1. The lowest BCUT2D eigenvalue weighted by Gasteiger charge is -2.19. The van der Waals surface area contributed by atoms with Gasteiger partial charge in [-0.2, -0.15) is 5.10 Å². The normalized spacial score (nSPS) is 11.0. The van der Waals surface area contributed by atoms with Crippen molar-refractivity contribution in [2.75, 3.05) is 11.9 Å². The van der Waals surface area contributed by atoms with Crippen molar-refractivity contribution in [2.24, 2.45) is 12.5 Å². The van der Waals surface area contributed by atoms with Crippen LogP contribution in [0.4, 0.5) is 10.5 Å². The Morgan fingerprint density at radius 2 is 2.18 bits per heavy atom. The molecule has 0 atom stereocenters. The number of carbonyl (C=O) groups excluding carboxylic acids is 1. The fraction of sp³-hybridized carbons (Fsp3) is 0.500. The minimum atomic E-state index is -0.994. The lowest BCUT2D eigenvalue weighted by atomic mass is 9.94. The minimum absolute atomic E-state index is 0.0500. The summed E-state index contributed by atoms with van der Waals surface area (Å²) in [5, 5.41) is 17.8. The Labute approximate surface area is 98.8 Å². The molecule has 7 heteroatoms. The number of aryl methyl sites for hydroxylation is 1. The van der Waals surface area contributed by atoms with Crippen LogP contribution in [-0.2, 0) is 11.8 Å². The summed E-state index contributed by atoms with van der Waals surface area (Å²) in [4.78, 5) is 22.2. The van der Waals surface area contributed by atoms with Gasteiger partial charge < -0.3 is 15.7 Å². The van der Waals surface area contributed by atoms with Crippen molar-refractivity contribution in [3.8, 4) is 0 Å². The van der Waals surface area contributed by atoms with E-state index in [-0.39, 0.29) is 6.54 Å². The van der Waals surface area contributed by atoms with Crippen LogP contribution in [0.25, 0.3) is 0 Å². The van der Waals surface area contributed by atoms with E-state index >= 15 is 0 Å². The largest absolute Gasteiger partial charge is 0.481 e. The number of amides is 2. The van der Waals surface area contributed by atoms with Crippen molar-refractivity contribution in [1.29, 1.82) is 0 Å². The molecule has 2 amide bonds. The summed E-state index contributed by atoms with van der Waals surface area (Å²) in [5.74, 6) is -0.959. The second kappa shape index (κ2) is 4.86. The highest BCUT2D eigenvalue weighted by Crippen LogP contribution is 2.13. The van der Waals surface area contributed by atoms with Crippen molar-refractivity contribution < 1.29 is 14.7 Å². The Bertz CT molecular complexity index is 425. The highest BCUT2D eigenvalue weighted by molar-refractivity contribution is 5.89. The van der Waals surface area contributed by atoms with E-state index in [1.807, 2.05) is 0 Å². The third kappa shape index (κ3) is 3.78. The molecule has 0 saturated heterocycles. The Hall–Kier alpha value is -2.05. The van der Waals surface area contributed by atoms with Crippen LogP contribution < -0.4 is 10.6 Å². The number of carboxylic acid groups (broad SMARTS) is 1. The summed E-state index contributed by atoms with van der Waals surface area (Å²) in [6, 6.07) is -0.452. The van der Waals surface area contributed by atoms with Gasteiger partial charge in [0, 0.05) is 19.8 Å². The zero-order valence-corrected chi connectivity index (χ0v) is 10.0. The van der Waals surface area contributed by atoms with Gasteiger partial charge in [-0.25, -0.2) is 4.79 Å². The molecule has 94 valence electrons. The quantitative estimate of drug-likeness (QED) is 0.720. The van der Waals surface area contributed by atoms with Crippen LogP contribution in [0, 0.1) is 5.41 Å². The standard InChI is InChI=1S/C10H16N4O3/c1-10(2,8(15)16)6-11-9(17)13-7-4-12-14(3)5-7/h4-5H,6H2,1-3H3,(H,15,16)(H2,11,13,17). The van der Waals surface area contributed by atoms with Gasteiger partial charge in [-0.15, -0.1) is 0 Å². The average molecular weight is 240 g/mol. The average Bonchev–Trinajstić information content (AvgIpc) is 2.61. The van der Waals surface area contributed by atoms with E-state index in [1.54, 1.807) is 31.8 Å². The second-order valence-electron chi connectivity index (χ2n) is 4.40. The van der Waals surface area contributed by atoms with Crippen LogP contribution >= 0.6 is 0 Å². The van der Waals surface area contributed by atoms with Gasteiger partial charge in [-0.1, -0.05) is 0 Å². The number of aliphatic carboxylic acids is 1. The van der Waals surface area contributed by atoms with Crippen molar-refractivity contribution in [3.05, 3.63) is 12.4 Å². The highest BCUT2D eigenvalue weighted by Gasteiger charge is 2.27. The molecule has 3 N–H and O–H groups in total. The Morgan fingerprint density at radius 3 is 2.65 bits per heavy atom. The van der Waals surface area contributed by atoms with E-state index in [1.165, 1.54) is 6.20 Å². The lowest BCUT2D eigenvalue weighted by Crippen LogP contribution is -2.40. The van der Waals surface area contributed by atoms with Gasteiger partial charge in [0.1, 0.15) is 0 Å². The molecule has 0 aliphatic rings. The molecule has 17 heavy (non-hydrogen) atoms. The number of nitrogens with zero attached hydrogens (tertiary/aromatic N) is 2. The van der Waals surface area contributed by atoms with E-state index in [9.17, 15) is 9.59 Å². The van der Waals surface area contributed by atoms with Gasteiger partial charge >= 0.3 is 12.0 Å². The fourth-order valence-electron chi connectivity index (χ4n) is 1.04. The first-order valence-electron chi connectivity index (χ1n) is 5.08. The second-order valence-corrected chi connectivity index (χ2v) is 4.40. The summed E-state index contributed by atoms with van der Waals surface area (Å²) >= 11 is 0. The molecule has 7 nitrogen and oxygen atoms in total. The number of hydrogen-bond acceptors (Lipinski definition) is 3. The topological polar surface area (TPSA) is 96.2 Å². The van der Waals surface area contributed by atoms with Gasteiger partial charge in [0.05, 0.1) is 17.3 Å². The zero-order valence-electron chi connectivity index (χ0n) is 10.0. The van der Waals surface area contributed by atoms with Gasteiger partial charge in [-0.05, 0) is 13.8 Å². The summed E-state index contributed by atoms with van der Waals surface area (Å²) in [6.45, 7) is 3.13. The van der Waals surface area contributed by atoms with E-state index in [0.29, 0.717) is 5.69 Å². The molecule has 0 spiro atoms. The fourth-order valence-corrected chi connectivity index (χ4v) is 1.04. The SMILES string of the molecule is Cn1cc(NC(=O)NCC(C)(C)C(=O)O)cn1. The van der Waals surface area contributed by atoms with E-state index in [0.717, 1.165) is 0 Å². The number of anilines is 1. The number of hydrogen-bond donors (Lipinski definition) is 3. The molecule has 0 radical (unpaired) electrons. The smallest absolute Gasteiger partial charge is 0.319 e. The minimum Gasteiger partial charge on any atom is -0.481 e. The van der Waals surface area contributed by atoms with Crippen LogP contribution in [0.1, 0.15) is 13.8 Å². The third-order valence-electron chi connectivity index (χ3n) is 2.23. The molecule has 1 aromatic rings. The molecule has 0 aliphatic carbocycles.